The van der Waals surface area contributed by atoms with E-state index in [1.54, 1.807) is 6.92 Å². The number of carbonyl (C=O) groups excluding carboxylic acids is 2. The molecule has 21 heavy (non-hydrogen) atoms. The molecule has 0 aromatic heterocycles. The largest absolute Gasteiger partial charge is 0.371 e. The second-order valence-electron chi connectivity index (χ2n) is 4.91. The van der Waals surface area contributed by atoms with E-state index < -0.39 is 12.1 Å². The fourth-order valence-corrected chi connectivity index (χ4v) is 1.89. The van der Waals surface area contributed by atoms with Crippen LogP contribution in [-0.4, -0.2) is 31.0 Å². The molecule has 0 heterocycles. The fourth-order valence-electron chi connectivity index (χ4n) is 1.89. The number of nitrogens with one attached hydrogen (secondary N) is 2. The van der Waals surface area contributed by atoms with Crippen LogP contribution in [0.5, 0.6) is 0 Å². The third-order valence-corrected chi connectivity index (χ3v) is 3.18. The van der Waals surface area contributed by atoms with Gasteiger partial charge in [0.2, 0.25) is 12.3 Å². The van der Waals surface area contributed by atoms with Gasteiger partial charge in [0.1, 0.15) is 6.04 Å². The number of ether oxygens (including phenoxy) is 1. The van der Waals surface area contributed by atoms with Gasteiger partial charge in [0.25, 0.3) is 0 Å². The standard InChI is InChI=1S/C16H24N2O3/c1-3-4-10-17-16(20)15(18-12-19)13(2)21-11-14-8-6-5-7-9-14/h5-9,12-13,15H,3-4,10-11H2,1-2H3,(H,17,20)(H,18,19). The van der Waals surface area contributed by atoms with Gasteiger partial charge in [-0.3, -0.25) is 9.59 Å². The van der Waals surface area contributed by atoms with E-state index in [2.05, 4.69) is 17.6 Å². The number of rotatable bonds is 10. The number of amides is 2. The maximum atomic E-state index is 12.0. The number of benzene rings is 1. The third-order valence-electron chi connectivity index (χ3n) is 3.18. The summed E-state index contributed by atoms with van der Waals surface area (Å²) in [6.45, 7) is 4.85. The summed E-state index contributed by atoms with van der Waals surface area (Å²) in [6, 6.07) is 9.03. The molecule has 0 aliphatic heterocycles. The SMILES string of the molecule is CCCCNC(=O)C(NC=O)C(C)OCc1ccccc1. The zero-order valence-corrected chi connectivity index (χ0v) is 12.7. The van der Waals surface area contributed by atoms with Crippen molar-refractivity contribution in [1.82, 2.24) is 10.6 Å². The molecule has 2 amide bonds. The van der Waals surface area contributed by atoms with Gasteiger partial charge < -0.3 is 15.4 Å². The monoisotopic (exact) mass is 292 g/mol. The minimum absolute atomic E-state index is 0.212. The molecule has 5 nitrogen and oxygen atoms in total. The van der Waals surface area contributed by atoms with Crippen molar-refractivity contribution >= 4 is 12.3 Å². The molecule has 0 spiro atoms. The molecule has 1 aromatic rings. The first-order valence-corrected chi connectivity index (χ1v) is 7.32. The van der Waals surface area contributed by atoms with Gasteiger partial charge in [0.05, 0.1) is 12.7 Å². The summed E-state index contributed by atoms with van der Waals surface area (Å²) >= 11 is 0. The second-order valence-corrected chi connectivity index (χ2v) is 4.91. The van der Waals surface area contributed by atoms with E-state index in [-0.39, 0.29) is 5.91 Å². The van der Waals surface area contributed by atoms with Crippen LogP contribution in [0.1, 0.15) is 32.3 Å². The molecule has 2 unspecified atom stereocenters. The number of unbranched alkanes of at least 4 members (excludes halogenated alkanes) is 1. The molecule has 0 radical (unpaired) electrons. The topological polar surface area (TPSA) is 67.4 Å². The third kappa shape index (κ3) is 6.40. The number of hydrogen-bond donors (Lipinski definition) is 2. The Bertz CT molecular complexity index is 423. The zero-order chi connectivity index (χ0) is 15.5. The first-order chi connectivity index (χ1) is 10.2. The average molecular weight is 292 g/mol. The highest BCUT2D eigenvalue weighted by Gasteiger charge is 2.24. The Morgan fingerprint density at radius 2 is 2.05 bits per heavy atom. The Morgan fingerprint density at radius 1 is 1.33 bits per heavy atom. The molecule has 116 valence electrons. The Kier molecular flexibility index (Phi) is 8.12. The Labute approximate surface area is 126 Å². The quantitative estimate of drug-likeness (QED) is 0.509. The van der Waals surface area contributed by atoms with Crippen molar-refractivity contribution in [1.29, 1.82) is 0 Å². The summed E-state index contributed by atoms with van der Waals surface area (Å²) in [7, 11) is 0. The highest BCUT2D eigenvalue weighted by atomic mass is 16.5. The van der Waals surface area contributed by atoms with Crippen LogP contribution >= 0.6 is 0 Å². The van der Waals surface area contributed by atoms with Crippen molar-refractivity contribution in [2.24, 2.45) is 0 Å². The van der Waals surface area contributed by atoms with Crippen molar-refractivity contribution in [2.75, 3.05) is 6.54 Å². The van der Waals surface area contributed by atoms with E-state index in [4.69, 9.17) is 4.74 Å². The average Bonchev–Trinajstić information content (AvgIpc) is 2.51. The summed E-state index contributed by atoms with van der Waals surface area (Å²) in [5.74, 6) is -0.212. The molecule has 1 rings (SSSR count). The van der Waals surface area contributed by atoms with Crippen molar-refractivity contribution < 1.29 is 14.3 Å². The lowest BCUT2D eigenvalue weighted by Crippen LogP contribution is -2.50. The zero-order valence-electron chi connectivity index (χ0n) is 12.7. The van der Waals surface area contributed by atoms with E-state index in [0.29, 0.717) is 19.6 Å². The van der Waals surface area contributed by atoms with Crippen LogP contribution in [0.3, 0.4) is 0 Å². The molecular weight excluding hydrogens is 268 g/mol. The predicted octanol–water partition coefficient (Wildman–Crippen LogP) is 1.62. The molecule has 0 bridgehead atoms. The van der Waals surface area contributed by atoms with Gasteiger partial charge in [-0.15, -0.1) is 0 Å². The van der Waals surface area contributed by atoms with Gasteiger partial charge >= 0.3 is 0 Å². The van der Waals surface area contributed by atoms with Crippen LogP contribution in [0.2, 0.25) is 0 Å². The summed E-state index contributed by atoms with van der Waals surface area (Å²) in [5.41, 5.74) is 1.03. The summed E-state index contributed by atoms with van der Waals surface area (Å²) < 4.78 is 5.69. The van der Waals surface area contributed by atoms with Crippen LogP contribution in [0.25, 0.3) is 0 Å². The van der Waals surface area contributed by atoms with Crippen molar-refractivity contribution in [3.63, 3.8) is 0 Å². The second kappa shape index (κ2) is 9.94. The lowest BCUT2D eigenvalue weighted by Gasteiger charge is -2.23. The first kappa shape index (κ1) is 17.2. The molecule has 1 aromatic carbocycles. The van der Waals surface area contributed by atoms with E-state index >= 15 is 0 Å². The van der Waals surface area contributed by atoms with Crippen LogP contribution in [0.4, 0.5) is 0 Å². The first-order valence-electron chi connectivity index (χ1n) is 7.32. The lowest BCUT2D eigenvalue weighted by molar-refractivity contribution is -0.129. The van der Waals surface area contributed by atoms with E-state index in [1.807, 2.05) is 30.3 Å². The molecule has 0 saturated carbocycles. The maximum absolute atomic E-state index is 12.0. The van der Waals surface area contributed by atoms with Gasteiger partial charge in [0.15, 0.2) is 0 Å². The summed E-state index contributed by atoms with van der Waals surface area (Å²) in [5, 5.41) is 5.33. The van der Waals surface area contributed by atoms with Crippen molar-refractivity contribution in [2.45, 2.75) is 45.4 Å². The Morgan fingerprint density at radius 3 is 2.67 bits per heavy atom. The highest BCUT2D eigenvalue weighted by Crippen LogP contribution is 2.06. The molecule has 0 saturated heterocycles. The fraction of sp³-hybridized carbons (Fsp3) is 0.500. The molecule has 5 heteroatoms. The minimum Gasteiger partial charge on any atom is -0.371 e. The smallest absolute Gasteiger partial charge is 0.245 e. The van der Waals surface area contributed by atoms with Crippen LogP contribution in [0.15, 0.2) is 30.3 Å². The number of hydrogen-bond acceptors (Lipinski definition) is 3. The van der Waals surface area contributed by atoms with Gasteiger partial charge in [-0.1, -0.05) is 43.7 Å². The van der Waals surface area contributed by atoms with Crippen molar-refractivity contribution in [3.05, 3.63) is 35.9 Å². The van der Waals surface area contributed by atoms with Gasteiger partial charge in [-0.05, 0) is 18.9 Å². The van der Waals surface area contributed by atoms with Gasteiger partial charge in [-0.25, -0.2) is 0 Å². The summed E-state index contributed by atoms with van der Waals surface area (Å²) in [6.07, 6.45) is 2.05. The maximum Gasteiger partial charge on any atom is 0.245 e. The highest BCUT2D eigenvalue weighted by molar-refractivity contribution is 5.84. The molecular formula is C16H24N2O3. The lowest BCUT2D eigenvalue weighted by atomic mass is 10.1. The van der Waals surface area contributed by atoms with Gasteiger partial charge in [0, 0.05) is 6.54 Å². The Hall–Kier alpha value is -1.88. The molecule has 0 fully saturated rings. The Balaban J connectivity index is 2.49. The molecule has 0 aliphatic carbocycles. The van der Waals surface area contributed by atoms with Crippen LogP contribution < -0.4 is 10.6 Å². The van der Waals surface area contributed by atoms with E-state index in [1.165, 1.54) is 0 Å². The van der Waals surface area contributed by atoms with Gasteiger partial charge in [-0.2, -0.15) is 0 Å². The van der Waals surface area contributed by atoms with Crippen molar-refractivity contribution in [3.8, 4) is 0 Å². The molecule has 2 atom stereocenters. The number of carbonyl (C=O) groups is 2. The molecule has 2 N–H and O–H groups in total. The van der Waals surface area contributed by atoms with E-state index in [9.17, 15) is 9.59 Å². The normalized spacial score (nSPS) is 13.2. The van der Waals surface area contributed by atoms with E-state index in [0.717, 1.165) is 18.4 Å². The minimum atomic E-state index is -0.678. The van der Waals surface area contributed by atoms with Crippen LogP contribution in [0, 0.1) is 0 Å². The molecule has 0 aliphatic rings. The van der Waals surface area contributed by atoms with Crippen LogP contribution in [-0.2, 0) is 20.9 Å². The summed E-state index contributed by atoms with van der Waals surface area (Å²) in [4.78, 5) is 22.7. The predicted molar refractivity (Wildman–Crippen MR) is 81.6 cm³/mol.